The summed E-state index contributed by atoms with van der Waals surface area (Å²) in [4.78, 5) is 27.4. The Balaban J connectivity index is 1.40. The molecule has 1 fully saturated rings. The number of likely N-dealkylation sites (tertiary alicyclic amines) is 1. The molecule has 2 heterocycles. The molecule has 0 saturated carbocycles. The number of carbonyl (C=O) groups is 2. The summed E-state index contributed by atoms with van der Waals surface area (Å²) in [6, 6.07) is 20.6. The van der Waals surface area contributed by atoms with Crippen LogP contribution in [0, 0.1) is 0 Å². The van der Waals surface area contributed by atoms with Gasteiger partial charge in [0.1, 0.15) is 18.1 Å². The van der Waals surface area contributed by atoms with Crippen molar-refractivity contribution >= 4 is 27.8 Å². The average Bonchev–Trinajstić information content (AvgIpc) is 3.32. The van der Waals surface area contributed by atoms with Gasteiger partial charge in [-0.05, 0) is 54.8 Å². The number of nitrogens with zero attached hydrogens (tertiary/aromatic N) is 1. The fourth-order valence-corrected chi connectivity index (χ4v) is 4.33. The highest BCUT2D eigenvalue weighted by Crippen LogP contribution is 2.37. The largest absolute Gasteiger partial charge is 0.486 e. The summed E-state index contributed by atoms with van der Waals surface area (Å²) in [6.45, 7) is 1.11. The normalized spacial score (nSPS) is 15.2. The number of benzene rings is 2. The zero-order chi connectivity index (χ0) is 22.6. The quantitative estimate of drug-likeness (QED) is 0.449. The predicted molar refractivity (Wildman–Crippen MR) is 122 cm³/mol. The van der Waals surface area contributed by atoms with Gasteiger partial charge in [-0.2, -0.15) is 0 Å². The smallest absolute Gasteiger partial charge is 0.316 e. The van der Waals surface area contributed by atoms with Crippen LogP contribution in [0.5, 0.6) is 5.75 Å². The lowest BCUT2D eigenvalue weighted by molar-refractivity contribution is -0.149. The van der Waals surface area contributed by atoms with Gasteiger partial charge in [-0.3, -0.25) is 9.59 Å². The van der Waals surface area contributed by atoms with Crippen LogP contribution in [0.15, 0.2) is 75.6 Å². The molecule has 2 aromatic carbocycles. The number of hydrogen-bond acceptors (Lipinski definition) is 5. The summed E-state index contributed by atoms with van der Waals surface area (Å²) < 4.78 is 17.5. The number of esters is 1. The molecule has 1 aliphatic rings. The lowest BCUT2D eigenvalue weighted by atomic mass is 9.72. The van der Waals surface area contributed by atoms with Gasteiger partial charge in [-0.15, -0.1) is 0 Å². The lowest BCUT2D eigenvalue weighted by Gasteiger charge is -2.39. The summed E-state index contributed by atoms with van der Waals surface area (Å²) in [6.07, 6.45) is 0.991. The highest BCUT2D eigenvalue weighted by atomic mass is 79.9. The summed E-state index contributed by atoms with van der Waals surface area (Å²) in [5, 5.41) is 0. The molecule has 6 nitrogen and oxygen atoms in total. The van der Waals surface area contributed by atoms with Gasteiger partial charge in [0, 0.05) is 17.6 Å². The molecule has 166 valence electrons. The molecule has 0 bridgehead atoms. The van der Waals surface area contributed by atoms with Gasteiger partial charge in [0.15, 0.2) is 5.76 Å². The maximum Gasteiger partial charge on any atom is 0.316 e. The third-order valence-electron chi connectivity index (χ3n) is 5.87. The van der Waals surface area contributed by atoms with Crippen molar-refractivity contribution in [3.05, 3.63) is 88.3 Å². The Hall–Kier alpha value is -3.06. The first-order valence-electron chi connectivity index (χ1n) is 10.4. The van der Waals surface area contributed by atoms with Crippen LogP contribution in [-0.4, -0.2) is 37.0 Å². The number of hydrogen-bond donors (Lipinski definition) is 0. The number of amides is 1. The van der Waals surface area contributed by atoms with E-state index in [2.05, 4.69) is 15.9 Å². The van der Waals surface area contributed by atoms with E-state index < -0.39 is 5.41 Å². The molecule has 0 aliphatic carbocycles. The van der Waals surface area contributed by atoms with E-state index >= 15 is 0 Å². The molecule has 0 spiro atoms. The minimum absolute atomic E-state index is 0.189. The molecule has 1 aromatic heterocycles. The summed E-state index contributed by atoms with van der Waals surface area (Å²) in [5.41, 5.74) is 0.184. The van der Waals surface area contributed by atoms with Crippen molar-refractivity contribution in [1.29, 1.82) is 0 Å². The highest BCUT2D eigenvalue weighted by Gasteiger charge is 2.45. The van der Waals surface area contributed by atoms with Gasteiger partial charge in [-0.25, -0.2) is 0 Å². The lowest BCUT2D eigenvalue weighted by Crippen LogP contribution is -2.49. The van der Waals surface area contributed by atoms with Gasteiger partial charge in [0.25, 0.3) is 5.91 Å². The van der Waals surface area contributed by atoms with Crippen molar-refractivity contribution in [3.63, 3.8) is 0 Å². The summed E-state index contributed by atoms with van der Waals surface area (Å²) in [7, 11) is 1.41. The minimum atomic E-state index is -0.736. The third kappa shape index (κ3) is 4.58. The molecule has 1 saturated heterocycles. The number of halogens is 1. The van der Waals surface area contributed by atoms with Crippen LogP contribution in [0.2, 0.25) is 0 Å². The molecular weight excluding hydrogens is 474 g/mol. The molecular formula is C25H24BrNO5. The van der Waals surface area contributed by atoms with Gasteiger partial charge in [0.2, 0.25) is 0 Å². The molecule has 32 heavy (non-hydrogen) atoms. The van der Waals surface area contributed by atoms with Crippen LogP contribution in [-0.2, 0) is 21.6 Å². The maximum absolute atomic E-state index is 13.0. The first-order valence-corrected chi connectivity index (χ1v) is 11.2. The number of rotatable bonds is 6. The fraction of sp³-hybridized carbons (Fsp3) is 0.280. The second kappa shape index (κ2) is 9.61. The third-order valence-corrected chi connectivity index (χ3v) is 6.40. The van der Waals surface area contributed by atoms with E-state index in [0.717, 1.165) is 10.0 Å². The predicted octanol–water partition coefficient (Wildman–Crippen LogP) is 4.97. The molecule has 1 aliphatic heterocycles. The second-order valence-corrected chi connectivity index (χ2v) is 8.66. The van der Waals surface area contributed by atoms with E-state index in [1.807, 2.05) is 54.6 Å². The SMILES string of the molecule is COC(=O)C1(c2ccccc2)CCN(C(=O)c2ccc(COc3ccc(Br)cc3)o2)CC1. The molecule has 0 unspecified atom stereocenters. The Labute approximate surface area is 195 Å². The van der Waals surface area contributed by atoms with Crippen molar-refractivity contribution in [1.82, 2.24) is 4.90 Å². The Bertz CT molecular complexity index is 1070. The summed E-state index contributed by atoms with van der Waals surface area (Å²) >= 11 is 3.39. The number of carbonyl (C=O) groups excluding carboxylic acids is 2. The van der Waals surface area contributed by atoms with Gasteiger partial charge in [0.05, 0.1) is 12.5 Å². The Kier molecular flexibility index (Phi) is 6.65. The Morgan fingerprint density at radius 1 is 1.00 bits per heavy atom. The number of furan rings is 1. The molecule has 0 atom stereocenters. The molecule has 0 radical (unpaired) electrons. The van der Waals surface area contributed by atoms with Gasteiger partial charge < -0.3 is 18.8 Å². The molecule has 3 aromatic rings. The average molecular weight is 498 g/mol. The number of methoxy groups -OCH3 is 1. The van der Waals surface area contributed by atoms with Crippen molar-refractivity contribution in [2.24, 2.45) is 0 Å². The van der Waals surface area contributed by atoms with Crippen molar-refractivity contribution in [3.8, 4) is 5.75 Å². The number of ether oxygens (including phenoxy) is 2. The van der Waals surface area contributed by atoms with E-state index in [9.17, 15) is 9.59 Å². The fourth-order valence-electron chi connectivity index (χ4n) is 4.07. The van der Waals surface area contributed by atoms with Gasteiger partial charge >= 0.3 is 5.97 Å². The van der Waals surface area contributed by atoms with Crippen LogP contribution < -0.4 is 4.74 Å². The molecule has 1 amide bonds. The maximum atomic E-state index is 13.0. The van der Waals surface area contributed by atoms with Crippen LogP contribution in [0.25, 0.3) is 0 Å². The number of piperidine rings is 1. The van der Waals surface area contributed by atoms with E-state index in [-0.39, 0.29) is 24.2 Å². The first kappa shape index (κ1) is 22.1. The summed E-state index contributed by atoms with van der Waals surface area (Å²) in [5.74, 6) is 1.10. The Morgan fingerprint density at radius 2 is 1.69 bits per heavy atom. The molecule has 7 heteroatoms. The van der Waals surface area contributed by atoms with Crippen LogP contribution in [0.3, 0.4) is 0 Å². The zero-order valence-electron chi connectivity index (χ0n) is 17.8. The van der Waals surface area contributed by atoms with Crippen molar-refractivity contribution in [2.75, 3.05) is 20.2 Å². The molecule has 4 rings (SSSR count). The molecule has 0 N–H and O–H groups in total. The van der Waals surface area contributed by atoms with Crippen LogP contribution >= 0.6 is 15.9 Å². The van der Waals surface area contributed by atoms with Gasteiger partial charge in [-0.1, -0.05) is 46.3 Å². The first-order chi connectivity index (χ1) is 15.5. The Morgan fingerprint density at radius 3 is 2.34 bits per heavy atom. The minimum Gasteiger partial charge on any atom is -0.486 e. The van der Waals surface area contributed by atoms with Crippen molar-refractivity contribution in [2.45, 2.75) is 24.9 Å². The zero-order valence-corrected chi connectivity index (χ0v) is 19.3. The van der Waals surface area contributed by atoms with Crippen molar-refractivity contribution < 1.29 is 23.5 Å². The monoisotopic (exact) mass is 497 g/mol. The van der Waals surface area contributed by atoms with E-state index in [0.29, 0.717) is 37.4 Å². The van der Waals surface area contributed by atoms with Crippen LogP contribution in [0.4, 0.5) is 0 Å². The second-order valence-electron chi connectivity index (χ2n) is 7.74. The van der Waals surface area contributed by atoms with E-state index in [4.69, 9.17) is 13.9 Å². The van der Waals surface area contributed by atoms with E-state index in [1.165, 1.54) is 7.11 Å². The van der Waals surface area contributed by atoms with E-state index in [1.54, 1.807) is 17.0 Å². The standard InChI is InChI=1S/C25H24BrNO5/c1-30-24(29)25(18-5-3-2-4-6-18)13-15-27(16-14-25)23(28)22-12-11-21(32-22)17-31-20-9-7-19(26)8-10-20/h2-12H,13-17H2,1H3. The topological polar surface area (TPSA) is 69.0 Å². The highest BCUT2D eigenvalue weighted by molar-refractivity contribution is 9.10. The van der Waals surface area contributed by atoms with Crippen LogP contribution in [0.1, 0.15) is 34.7 Å².